The molecular formula is C70H135NO5. The van der Waals surface area contributed by atoms with Gasteiger partial charge in [-0.1, -0.05) is 346 Å². The molecule has 0 aromatic rings. The molecule has 0 saturated carbocycles. The average Bonchev–Trinajstić information content (AvgIpc) is 3.42. The number of nitrogens with one attached hydrogen (secondary N) is 1. The molecule has 76 heavy (non-hydrogen) atoms. The van der Waals surface area contributed by atoms with E-state index in [9.17, 15) is 25.2 Å². The number of carbonyl (C=O) groups is 1. The third kappa shape index (κ3) is 57.2. The number of hydrogen-bond acceptors (Lipinski definition) is 5. The second-order valence-corrected chi connectivity index (χ2v) is 23.9. The van der Waals surface area contributed by atoms with E-state index in [4.69, 9.17) is 0 Å². The monoisotopic (exact) mass is 1070 g/mol. The quantitative estimate of drug-likeness (QED) is 0.0308. The molecular weight excluding hydrogens is 935 g/mol. The van der Waals surface area contributed by atoms with Gasteiger partial charge in [0, 0.05) is 0 Å². The second-order valence-electron chi connectivity index (χ2n) is 23.9. The molecule has 0 aromatic heterocycles. The Morgan fingerprint density at radius 3 is 0.829 bits per heavy atom. The zero-order chi connectivity index (χ0) is 55.1. The van der Waals surface area contributed by atoms with E-state index in [-0.39, 0.29) is 0 Å². The number of amides is 1. The Bertz CT molecular complexity index is 1200. The van der Waals surface area contributed by atoms with Crippen LogP contribution in [0.5, 0.6) is 0 Å². The maximum atomic E-state index is 12.6. The van der Waals surface area contributed by atoms with Crippen LogP contribution in [-0.2, 0) is 4.79 Å². The summed E-state index contributed by atoms with van der Waals surface area (Å²) < 4.78 is 0. The van der Waals surface area contributed by atoms with Gasteiger partial charge >= 0.3 is 0 Å². The normalized spacial score (nSPS) is 13.7. The molecule has 0 aliphatic heterocycles. The van der Waals surface area contributed by atoms with Crippen LogP contribution in [0, 0.1) is 0 Å². The lowest BCUT2D eigenvalue weighted by atomic mass is 10.00. The van der Waals surface area contributed by atoms with Crippen molar-refractivity contribution in [1.29, 1.82) is 0 Å². The number of carbonyl (C=O) groups excluding carboxylic acids is 1. The molecule has 0 aliphatic carbocycles. The molecule has 4 atom stereocenters. The number of hydrogen-bond donors (Lipinski definition) is 5. The number of aliphatic hydroxyl groups excluding tert-OH is 4. The third-order valence-electron chi connectivity index (χ3n) is 16.3. The zero-order valence-electron chi connectivity index (χ0n) is 51.3. The summed E-state index contributed by atoms with van der Waals surface area (Å²) in [7, 11) is 0. The predicted octanol–water partition coefficient (Wildman–Crippen LogP) is 21.1. The number of aliphatic hydroxyl groups is 4. The number of unbranched alkanes of at least 4 members (excludes halogenated alkanes) is 49. The van der Waals surface area contributed by atoms with Crippen molar-refractivity contribution in [3.05, 3.63) is 36.5 Å². The minimum atomic E-state index is -1.29. The second kappa shape index (κ2) is 64.4. The van der Waals surface area contributed by atoms with Crippen molar-refractivity contribution in [3.63, 3.8) is 0 Å². The fourth-order valence-electron chi connectivity index (χ4n) is 11.0. The van der Waals surface area contributed by atoms with Crippen molar-refractivity contribution in [3.8, 4) is 0 Å². The molecule has 0 spiro atoms. The molecule has 0 aliphatic rings. The first-order valence-corrected chi connectivity index (χ1v) is 34.4. The zero-order valence-corrected chi connectivity index (χ0v) is 51.3. The first-order chi connectivity index (χ1) is 37.5. The van der Waals surface area contributed by atoms with Gasteiger partial charge in [0.25, 0.3) is 0 Å². The highest BCUT2D eigenvalue weighted by atomic mass is 16.3. The van der Waals surface area contributed by atoms with E-state index in [2.05, 4.69) is 55.6 Å². The summed E-state index contributed by atoms with van der Waals surface area (Å²) in [6.45, 7) is 4.09. The molecule has 0 radical (unpaired) electrons. The van der Waals surface area contributed by atoms with E-state index in [1.54, 1.807) is 0 Å². The highest BCUT2D eigenvalue weighted by Crippen LogP contribution is 2.19. The van der Waals surface area contributed by atoms with Crippen LogP contribution in [0.3, 0.4) is 0 Å². The molecule has 6 heteroatoms. The lowest BCUT2D eigenvalue weighted by molar-refractivity contribution is -0.132. The molecule has 4 unspecified atom stereocenters. The van der Waals surface area contributed by atoms with Gasteiger partial charge in [-0.15, -0.1) is 0 Å². The fourth-order valence-corrected chi connectivity index (χ4v) is 11.0. The van der Waals surface area contributed by atoms with Crippen LogP contribution < -0.4 is 5.32 Å². The average molecular weight is 1070 g/mol. The summed E-state index contributed by atoms with van der Waals surface area (Å²) >= 11 is 0. The summed E-state index contributed by atoms with van der Waals surface area (Å²) in [5, 5.41) is 44.2. The van der Waals surface area contributed by atoms with E-state index in [0.29, 0.717) is 19.3 Å². The highest BCUT2D eigenvalue weighted by molar-refractivity contribution is 5.80. The smallest absolute Gasteiger partial charge is 0.249 e. The Labute approximate surface area is 475 Å². The van der Waals surface area contributed by atoms with E-state index in [1.165, 1.54) is 289 Å². The standard InChI is InChI=1S/C70H135NO5/c1-3-5-7-9-11-13-15-17-19-21-23-25-27-29-31-33-34-36-37-39-41-43-45-47-49-51-53-55-57-59-61-63-67(73)69(75)66(65-72)71-70(76)68(74)64-62-60-58-56-54-52-50-48-46-44-42-40-38-35-32-30-28-26-24-22-20-18-16-14-12-10-8-6-4-2/h39,41,47,49,55,57,66-69,72-75H,3-38,40,42-46,48,50-54,56,58-65H2,1-2H3,(H,71,76)/b41-39+,49-47+,57-55+. The van der Waals surface area contributed by atoms with Gasteiger partial charge in [-0.05, 0) is 64.2 Å². The van der Waals surface area contributed by atoms with Gasteiger partial charge < -0.3 is 25.7 Å². The van der Waals surface area contributed by atoms with E-state index in [1.807, 2.05) is 0 Å². The first kappa shape index (κ1) is 74.5. The predicted molar refractivity (Wildman–Crippen MR) is 334 cm³/mol. The molecule has 1 amide bonds. The lowest BCUT2D eigenvalue weighted by Gasteiger charge is -2.27. The van der Waals surface area contributed by atoms with Crippen LogP contribution in [0.25, 0.3) is 0 Å². The van der Waals surface area contributed by atoms with Gasteiger partial charge in [-0.2, -0.15) is 0 Å². The van der Waals surface area contributed by atoms with Gasteiger partial charge in [0.2, 0.25) is 5.91 Å². The van der Waals surface area contributed by atoms with Gasteiger partial charge in [0.15, 0.2) is 0 Å². The summed E-state index contributed by atoms with van der Waals surface area (Å²) in [4.78, 5) is 12.6. The third-order valence-corrected chi connectivity index (χ3v) is 16.3. The maximum Gasteiger partial charge on any atom is 0.249 e. The van der Waals surface area contributed by atoms with E-state index < -0.39 is 36.9 Å². The Balaban J connectivity index is 3.61. The fraction of sp³-hybridized carbons (Fsp3) is 0.900. The van der Waals surface area contributed by atoms with Crippen molar-refractivity contribution < 1.29 is 25.2 Å². The van der Waals surface area contributed by atoms with Gasteiger partial charge in [-0.3, -0.25) is 4.79 Å². The molecule has 0 fully saturated rings. The van der Waals surface area contributed by atoms with Crippen molar-refractivity contribution in [2.24, 2.45) is 0 Å². The number of rotatable bonds is 64. The van der Waals surface area contributed by atoms with E-state index >= 15 is 0 Å². The van der Waals surface area contributed by atoms with Crippen LogP contribution in [0.1, 0.15) is 373 Å². The highest BCUT2D eigenvalue weighted by Gasteiger charge is 2.28. The van der Waals surface area contributed by atoms with Crippen LogP contribution in [0.4, 0.5) is 0 Å². The Morgan fingerprint density at radius 2 is 0.553 bits per heavy atom. The van der Waals surface area contributed by atoms with Crippen LogP contribution in [-0.4, -0.2) is 57.3 Å². The van der Waals surface area contributed by atoms with Crippen LogP contribution in [0.15, 0.2) is 36.5 Å². The van der Waals surface area contributed by atoms with Gasteiger partial charge in [0.1, 0.15) is 12.2 Å². The maximum absolute atomic E-state index is 12.6. The largest absolute Gasteiger partial charge is 0.394 e. The Morgan fingerprint density at radius 1 is 0.316 bits per heavy atom. The van der Waals surface area contributed by atoms with Crippen LogP contribution >= 0.6 is 0 Å². The minimum absolute atomic E-state index is 0.362. The van der Waals surface area contributed by atoms with Gasteiger partial charge in [0.05, 0.1) is 18.8 Å². The first-order valence-electron chi connectivity index (χ1n) is 34.4. The molecule has 5 N–H and O–H groups in total. The minimum Gasteiger partial charge on any atom is -0.394 e. The van der Waals surface area contributed by atoms with Gasteiger partial charge in [-0.25, -0.2) is 0 Å². The molecule has 0 rings (SSSR count). The number of allylic oxidation sites excluding steroid dienone is 6. The SMILES string of the molecule is CCCCCCCCCCCCCCCCCCCC/C=C/CC/C=C/CC/C=C/CCCC(O)C(O)C(CO)NC(=O)C(O)CCCCCCCCCCCCCCCCCCCCCCCCCCCCCCC. The molecule has 450 valence electrons. The van der Waals surface area contributed by atoms with Crippen LogP contribution in [0.2, 0.25) is 0 Å². The van der Waals surface area contributed by atoms with E-state index in [0.717, 1.165) is 51.4 Å². The summed E-state index contributed by atoms with van der Waals surface area (Å²) in [6.07, 6.45) is 82.7. The van der Waals surface area contributed by atoms with Crippen molar-refractivity contribution >= 4 is 5.91 Å². The van der Waals surface area contributed by atoms with Crippen molar-refractivity contribution in [2.75, 3.05) is 6.61 Å². The Hall–Kier alpha value is -1.47. The molecule has 6 nitrogen and oxygen atoms in total. The Kier molecular flexibility index (Phi) is 63.1. The van der Waals surface area contributed by atoms with Crippen molar-refractivity contribution in [1.82, 2.24) is 5.32 Å². The molecule has 0 saturated heterocycles. The molecule has 0 bridgehead atoms. The van der Waals surface area contributed by atoms with Crippen molar-refractivity contribution in [2.45, 2.75) is 398 Å². The topological polar surface area (TPSA) is 110 Å². The lowest BCUT2D eigenvalue weighted by Crippen LogP contribution is -2.53. The molecule has 0 heterocycles. The summed E-state index contributed by atoms with van der Waals surface area (Å²) in [5.41, 5.74) is 0. The summed E-state index contributed by atoms with van der Waals surface area (Å²) in [6, 6.07) is -1.01. The molecule has 0 aromatic carbocycles. The summed E-state index contributed by atoms with van der Waals surface area (Å²) in [5.74, 6) is -0.593.